The van der Waals surface area contributed by atoms with Crippen LogP contribution in [0.1, 0.15) is 17.3 Å². The Morgan fingerprint density at radius 2 is 2.23 bits per heavy atom. The van der Waals surface area contributed by atoms with E-state index in [-0.39, 0.29) is 23.9 Å². The lowest BCUT2D eigenvalue weighted by Gasteiger charge is -2.37. The fraction of sp³-hybridized carbons (Fsp3) is 0.412. The predicted molar refractivity (Wildman–Crippen MR) is 94.4 cm³/mol. The highest BCUT2D eigenvalue weighted by atomic mass is 19.1. The number of nitrogens with zero attached hydrogens (tertiary/aromatic N) is 3. The third-order valence-corrected chi connectivity index (χ3v) is 4.83. The molecule has 0 aliphatic carbocycles. The van der Waals surface area contributed by atoms with Crippen LogP contribution in [0.25, 0.3) is 10.9 Å². The second-order valence-electron chi connectivity index (χ2n) is 6.69. The van der Waals surface area contributed by atoms with Crippen LogP contribution < -0.4 is 25.4 Å². The third kappa shape index (κ3) is 2.38. The third-order valence-electron chi connectivity index (χ3n) is 4.83. The number of piperazine rings is 1. The minimum absolute atomic E-state index is 0.00381. The number of nitrogens with one attached hydrogen (secondary N) is 1. The normalized spacial score (nSPS) is 19.6. The topological polar surface area (TPSA) is 87.0 Å². The molecule has 2 aliphatic rings. The van der Waals surface area contributed by atoms with E-state index in [4.69, 9.17) is 4.74 Å². The van der Waals surface area contributed by atoms with Crippen LogP contribution in [0.5, 0.6) is 5.75 Å². The molecule has 9 heteroatoms. The Labute approximate surface area is 148 Å². The van der Waals surface area contributed by atoms with Crippen LogP contribution in [0.15, 0.2) is 17.1 Å². The van der Waals surface area contributed by atoms with E-state index < -0.39 is 22.8 Å². The second-order valence-corrected chi connectivity index (χ2v) is 6.69. The van der Waals surface area contributed by atoms with Crippen LogP contribution in [-0.2, 0) is 0 Å². The maximum atomic E-state index is 15.0. The lowest BCUT2D eigenvalue weighted by molar-refractivity contribution is 0.0694. The fourth-order valence-electron chi connectivity index (χ4n) is 3.61. The van der Waals surface area contributed by atoms with Gasteiger partial charge in [0.25, 0.3) is 0 Å². The zero-order chi connectivity index (χ0) is 18.6. The highest BCUT2D eigenvalue weighted by molar-refractivity contribution is 5.97. The van der Waals surface area contributed by atoms with E-state index in [1.807, 2.05) is 11.8 Å². The molecule has 1 saturated heterocycles. The van der Waals surface area contributed by atoms with Crippen molar-refractivity contribution in [2.45, 2.75) is 13.0 Å². The molecule has 2 aromatic rings. The van der Waals surface area contributed by atoms with Crippen molar-refractivity contribution in [1.82, 2.24) is 9.99 Å². The highest BCUT2D eigenvalue weighted by Crippen LogP contribution is 2.40. The number of rotatable bonds is 2. The van der Waals surface area contributed by atoms with Crippen LogP contribution in [0.2, 0.25) is 0 Å². The number of carbonyl (C=O) groups is 1. The molecule has 1 aromatic heterocycles. The number of carboxylic acid groups (broad SMARTS) is 1. The quantitative estimate of drug-likeness (QED) is 0.807. The van der Waals surface area contributed by atoms with Gasteiger partial charge in [0.2, 0.25) is 5.43 Å². The van der Waals surface area contributed by atoms with Gasteiger partial charge in [0, 0.05) is 38.9 Å². The molecule has 1 fully saturated rings. The van der Waals surface area contributed by atoms with Crippen LogP contribution in [0, 0.1) is 5.82 Å². The van der Waals surface area contributed by atoms with Crippen LogP contribution in [0.4, 0.5) is 10.1 Å². The van der Waals surface area contributed by atoms with Crippen molar-refractivity contribution in [3.05, 3.63) is 33.9 Å². The van der Waals surface area contributed by atoms with E-state index in [1.54, 1.807) is 16.7 Å². The molecule has 0 bridgehead atoms. The van der Waals surface area contributed by atoms with E-state index in [9.17, 15) is 19.1 Å². The molecule has 1 unspecified atom stereocenters. The number of carboxylic acids is 1. The lowest BCUT2D eigenvalue weighted by Crippen LogP contribution is -2.50. The molecule has 26 heavy (non-hydrogen) atoms. The molecule has 1 atom stereocenters. The van der Waals surface area contributed by atoms with Gasteiger partial charge < -0.3 is 20.1 Å². The first-order valence-electron chi connectivity index (χ1n) is 8.36. The number of hydrogen-bond acceptors (Lipinski definition) is 6. The number of ether oxygens (including phenoxy) is 1. The smallest absolute Gasteiger partial charge is 0.341 e. The molecule has 0 amide bonds. The molecule has 138 valence electrons. The largest absolute Gasteiger partial charge is 0.477 e. The van der Waals surface area contributed by atoms with Gasteiger partial charge in [-0.25, -0.2) is 9.18 Å². The molecule has 1 aromatic carbocycles. The predicted octanol–water partition coefficient (Wildman–Crippen LogP) is 0.555. The van der Waals surface area contributed by atoms with Crippen molar-refractivity contribution in [3.8, 4) is 5.75 Å². The lowest BCUT2D eigenvalue weighted by atomic mass is 10.1. The minimum atomic E-state index is -1.34. The number of aromatic nitrogens is 1. The summed E-state index contributed by atoms with van der Waals surface area (Å²) in [6.07, 6.45) is 1.26. The fourth-order valence-corrected chi connectivity index (χ4v) is 3.61. The molecular weight excluding hydrogens is 343 g/mol. The van der Waals surface area contributed by atoms with Crippen molar-refractivity contribution in [1.29, 1.82) is 0 Å². The van der Waals surface area contributed by atoms with E-state index >= 15 is 0 Å². The first kappa shape index (κ1) is 16.6. The van der Waals surface area contributed by atoms with Gasteiger partial charge in [0.1, 0.15) is 16.8 Å². The van der Waals surface area contributed by atoms with Crippen LogP contribution in [0.3, 0.4) is 0 Å². The average Bonchev–Trinajstić information content (AvgIpc) is 2.59. The summed E-state index contributed by atoms with van der Waals surface area (Å²) in [5.74, 6) is -1.65. The number of halogens is 1. The van der Waals surface area contributed by atoms with Crippen molar-refractivity contribution >= 4 is 22.6 Å². The summed E-state index contributed by atoms with van der Waals surface area (Å²) < 4.78 is 22.3. The molecule has 0 spiro atoms. The van der Waals surface area contributed by atoms with Gasteiger partial charge in [-0.2, -0.15) is 0 Å². The van der Waals surface area contributed by atoms with Crippen molar-refractivity contribution < 1.29 is 19.0 Å². The van der Waals surface area contributed by atoms with Crippen LogP contribution in [-0.4, -0.2) is 55.2 Å². The van der Waals surface area contributed by atoms with E-state index in [2.05, 4.69) is 5.32 Å². The van der Waals surface area contributed by atoms with Gasteiger partial charge in [0.15, 0.2) is 18.3 Å². The van der Waals surface area contributed by atoms with Gasteiger partial charge >= 0.3 is 5.97 Å². The average molecular weight is 362 g/mol. The zero-order valence-electron chi connectivity index (χ0n) is 14.5. The van der Waals surface area contributed by atoms with Gasteiger partial charge in [0.05, 0.1) is 5.39 Å². The standard InChI is InChI=1S/C17H19FN4O4/c1-9-6-21(4-3-19-9)14-12(18)5-10-13-16(14)26-8-20(2)22(13)7-11(15(10)23)17(24)25/h5,7,9,19H,3-4,6,8H2,1-2H3,(H,24,25). The molecule has 8 nitrogen and oxygen atoms in total. The highest BCUT2D eigenvalue weighted by Gasteiger charge is 2.30. The maximum Gasteiger partial charge on any atom is 0.341 e. The molecule has 0 radical (unpaired) electrons. The summed E-state index contributed by atoms with van der Waals surface area (Å²) in [5.41, 5.74) is -0.422. The van der Waals surface area contributed by atoms with Crippen molar-refractivity contribution in [2.75, 3.05) is 43.3 Å². The zero-order valence-corrected chi connectivity index (χ0v) is 14.5. The van der Waals surface area contributed by atoms with Gasteiger partial charge in [-0.15, -0.1) is 0 Å². The summed E-state index contributed by atoms with van der Waals surface area (Å²) in [4.78, 5) is 25.9. The molecule has 2 N–H and O–H groups in total. The summed E-state index contributed by atoms with van der Waals surface area (Å²) in [6, 6.07) is 1.31. The van der Waals surface area contributed by atoms with Gasteiger partial charge in [-0.1, -0.05) is 0 Å². The Kier molecular flexibility index (Phi) is 3.76. The Morgan fingerprint density at radius 3 is 2.92 bits per heavy atom. The number of anilines is 1. The Balaban J connectivity index is 2.03. The number of hydrogen-bond donors (Lipinski definition) is 2. The molecule has 2 aliphatic heterocycles. The number of aromatic carboxylic acids is 1. The van der Waals surface area contributed by atoms with Gasteiger partial charge in [-0.05, 0) is 13.0 Å². The second kappa shape index (κ2) is 5.87. The minimum Gasteiger partial charge on any atom is -0.477 e. The Hall–Kier alpha value is -2.81. The molecule has 3 heterocycles. The first-order chi connectivity index (χ1) is 12.4. The monoisotopic (exact) mass is 362 g/mol. The first-order valence-corrected chi connectivity index (χ1v) is 8.36. The maximum absolute atomic E-state index is 15.0. The van der Waals surface area contributed by atoms with E-state index in [0.717, 1.165) is 6.07 Å². The van der Waals surface area contributed by atoms with E-state index in [0.29, 0.717) is 30.8 Å². The van der Waals surface area contributed by atoms with Gasteiger partial charge in [-0.3, -0.25) is 14.5 Å². The molecule has 4 rings (SSSR count). The number of pyridine rings is 1. The summed E-state index contributed by atoms with van der Waals surface area (Å²) in [5, 5.41) is 14.2. The SMILES string of the molecule is CC1CN(c2c(F)cc3c(=O)c(C(=O)O)cn4c3c2OCN4C)CCN1. The molecule has 0 saturated carbocycles. The summed E-state index contributed by atoms with van der Waals surface area (Å²) in [6.45, 7) is 4.05. The molecular formula is C17H19FN4O4. The number of benzene rings is 1. The van der Waals surface area contributed by atoms with Crippen LogP contribution >= 0.6 is 0 Å². The van der Waals surface area contributed by atoms with Crippen molar-refractivity contribution in [2.24, 2.45) is 0 Å². The summed E-state index contributed by atoms with van der Waals surface area (Å²) >= 11 is 0. The summed E-state index contributed by atoms with van der Waals surface area (Å²) in [7, 11) is 1.70. The Bertz CT molecular complexity index is 974. The van der Waals surface area contributed by atoms with E-state index in [1.165, 1.54) is 6.20 Å². The van der Waals surface area contributed by atoms with Crippen molar-refractivity contribution in [3.63, 3.8) is 0 Å². The Morgan fingerprint density at radius 1 is 1.46 bits per heavy atom.